The van der Waals surface area contributed by atoms with Crippen LogP contribution in [0, 0.1) is 13.8 Å². The van der Waals surface area contributed by atoms with Crippen LogP contribution in [0.25, 0.3) is 0 Å². The quantitative estimate of drug-likeness (QED) is 0.325. The average molecular weight is 504 g/mol. The van der Waals surface area contributed by atoms with Crippen LogP contribution in [0.1, 0.15) is 110 Å². The number of alkyl carbamates (subject to hydrolysis) is 1. The van der Waals surface area contributed by atoms with Gasteiger partial charge in [0.1, 0.15) is 17.7 Å². The van der Waals surface area contributed by atoms with Crippen molar-refractivity contribution in [3.63, 3.8) is 0 Å². The molecule has 1 aromatic rings. The Labute approximate surface area is 218 Å². The Kier molecular flexibility index (Phi) is 13.0. The highest BCUT2D eigenvalue weighted by Crippen LogP contribution is 2.29. The fraction of sp³-hybridized carbons (Fsp3) is 0.690. The van der Waals surface area contributed by atoms with Crippen LogP contribution >= 0.6 is 0 Å². The highest BCUT2D eigenvalue weighted by Gasteiger charge is 2.36. The molecule has 1 aromatic carbocycles. The summed E-state index contributed by atoms with van der Waals surface area (Å²) in [6, 6.07) is 4.17. The molecule has 0 aliphatic carbocycles. The third-order valence-corrected chi connectivity index (χ3v) is 5.95. The summed E-state index contributed by atoms with van der Waals surface area (Å²) >= 11 is 0. The number of nitrogens with zero attached hydrogens (tertiary/aromatic N) is 1. The molecule has 204 valence electrons. The summed E-state index contributed by atoms with van der Waals surface area (Å²) in [6.45, 7) is 17.3. The smallest absolute Gasteiger partial charge is 0.408 e. The molecule has 3 amide bonds. The molecular formula is C29H49N3O4. The summed E-state index contributed by atoms with van der Waals surface area (Å²) in [7, 11) is 0. The van der Waals surface area contributed by atoms with Crippen molar-refractivity contribution >= 4 is 17.9 Å². The maximum Gasteiger partial charge on any atom is 0.408 e. The van der Waals surface area contributed by atoms with Crippen molar-refractivity contribution in [2.75, 3.05) is 6.54 Å². The van der Waals surface area contributed by atoms with Crippen LogP contribution in [-0.4, -0.2) is 47.0 Å². The van der Waals surface area contributed by atoms with E-state index in [1.165, 1.54) is 12.8 Å². The van der Waals surface area contributed by atoms with Gasteiger partial charge in [-0.15, -0.1) is 0 Å². The largest absolute Gasteiger partial charge is 0.444 e. The number of hydrogen-bond donors (Lipinski definition) is 2. The molecule has 0 bridgehead atoms. The zero-order chi connectivity index (χ0) is 27.5. The van der Waals surface area contributed by atoms with Crippen LogP contribution in [0.3, 0.4) is 0 Å². The molecular weight excluding hydrogens is 454 g/mol. The number of benzene rings is 1. The van der Waals surface area contributed by atoms with Gasteiger partial charge in [-0.05, 0) is 78.5 Å². The predicted octanol–water partition coefficient (Wildman–Crippen LogP) is 5.97. The van der Waals surface area contributed by atoms with Crippen molar-refractivity contribution in [3.8, 4) is 0 Å². The fourth-order valence-electron chi connectivity index (χ4n) is 4.27. The van der Waals surface area contributed by atoms with Crippen molar-refractivity contribution < 1.29 is 19.1 Å². The van der Waals surface area contributed by atoms with Gasteiger partial charge < -0.3 is 20.3 Å². The Bertz CT molecular complexity index is 840. The van der Waals surface area contributed by atoms with Gasteiger partial charge in [-0.3, -0.25) is 9.59 Å². The molecule has 2 atom stereocenters. The molecule has 0 saturated heterocycles. The van der Waals surface area contributed by atoms with Gasteiger partial charge in [-0.25, -0.2) is 4.79 Å². The van der Waals surface area contributed by atoms with Crippen LogP contribution in [0.4, 0.5) is 4.79 Å². The summed E-state index contributed by atoms with van der Waals surface area (Å²) in [4.78, 5) is 41.5. The van der Waals surface area contributed by atoms with E-state index in [9.17, 15) is 14.4 Å². The highest BCUT2D eigenvalue weighted by molar-refractivity contribution is 5.92. The Morgan fingerprint density at radius 2 is 1.47 bits per heavy atom. The van der Waals surface area contributed by atoms with Crippen LogP contribution in [0.2, 0.25) is 0 Å². The molecule has 0 saturated carbocycles. The van der Waals surface area contributed by atoms with Crippen molar-refractivity contribution in [2.45, 2.75) is 125 Å². The third-order valence-electron chi connectivity index (χ3n) is 5.95. The fourth-order valence-corrected chi connectivity index (χ4v) is 4.27. The lowest BCUT2D eigenvalue weighted by Gasteiger charge is -2.35. The standard InChI is InChI=1S/C29H49N3O4/c1-10-11-12-13-14-15-19-32(27(34)23(6)31-28(35)36-29(7,8)9)25(26(33)30-20(2)3)24-21(4)17-16-18-22(24)5/h16-18,20,23,25H,10-15,19H2,1-9H3,(H,30,33)(H,31,35). The van der Waals surface area contributed by atoms with E-state index in [1.54, 1.807) is 32.6 Å². The lowest BCUT2D eigenvalue weighted by molar-refractivity contribution is -0.142. The molecule has 0 spiro atoms. The first kappa shape index (κ1) is 31.5. The van der Waals surface area contributed by atoms with E-state index in [-0.39, 0.29) is 17.9 Å². The van der Waals surface area contributed by atoms with Crippen LogP contribution in [0.15, 0.2) is 18.2 Å². The molecule has 0 aliphatic heterocycles. The Hall–Kier alpha value is -2.57. The monoisotopic (exact) mass is 503 g/mol. The van der Waals surface area contributed by atoms with Crippen LogP contribution in [-0.2, 0) is 14.3 Å². The summed E-state index contributed by atoms with van der Waals surface area (Å²) in [5, 5.41) is 5.68. The van der Waals surface area contributed by atoms with Crippen molar-refractivity contribution in [2.24, 2.45) is 0 Å². The SMILES string of the molecule is CCCCCCCCN(C(=O)C(C)NC(=O)OC(C)(C)C)C(C(=O)NC(C)C)c1c(C)cccc1C. The van der Waals surface area contributed by atoms with Crippen LogP contribution in [0.5, 0.6) is 0 Å². The van der Waals surface area contributed by atoms with E-state index in [2.05, 4.69) is 17.6 Å². The second kappa shape index (κ2) is 14.9. The summed E-state index contributed by atoms with van der Waals surface area (Å²) in [5.74, 6) is -0.521. The van der Waals surface area contributed by atoms with E-state index in [1.807, 2.05) is 45.9 Å². The van der Waals surface area contributed by atoms with Gasteiger partial charge in [0.15, 0.2) is 0 Å². The topological polar surface area (TPSA) is 87.7 Å². The number of carbonyl (C=O) groups is 3. The number of nitrogens with one attached hydrogen (secondary N) is 2. The van der Waals surface area contributed by atoms with Crippen molar-refractivity contribution in [1.82, 2.24) is 15.5 Å². The van der Waals surface area contributed by atoms with Gasteiger partial charge in [0, 0.05) is 12.6 Å². The lowest BCUT2D eigenvalue weighted by atomic mass is 9.93. The van der Waals surface area contributed by atoms with E-state index < -0.39 is 23.8 Å². The Morgan fingerprint density at radius 3 is 2.00 bits per heavy atom. The lowest BCUT2D eigenvalue weighted by Crippen LogP contribution is -2.53. The summed E-state index contributed by atoms with van der Waals surface area (Å²) in [6.07, 6.45) is 5.72. The van der Waals surface area contributed by atoms with Gasteiger partial charge in [0.2, 0.25) is 11.8 Å². The summed E-state index contributed by atoms with van der Waals surface area (Å²) in [5.41, 5.74) is 2.06. The molecule has 0 fully saturated rings. The number of carbonyl (C=O) groups excluding carboxylic acids is 3. The number of hydrogen-bond acceptors (Lipinski definition) is 4. The van der Waals surface area contributed by atoms with Crippen molar-refractivity contribution in [3.05, 3.63) is 34.9 Å². The molecule has 0 heterocycles. The summed E-state index contributed by atoms with van der Waals surface area (Å²) < 4.78 is 5.36. The maximum atomic E-state index is 13.8. The second-order valence-corrected chi connectivity index (χ2v) is 11.0. The normalized spacial score (nSPS) is 13.2. The Morgan fingerprint density at radius 1 is 0.917 bits per heavy atom. The first-order chi connectivity index (χ1) is 16.8. The number of amides is 3. The Balaban J connectivity index is 3.33. The van der Waals surface area contributed by atoms with E-state index in [4.69, 9.17) is 4.74 Å². The minimum atomic E-state index is -0.849. The molecule has 2 N–H and O–H groups in total. The van der Waals surface area contributed by atoms with E-state index in [0.717, 1.165) is 42.4 Å². The van der Waals surface area contributed by atoms with E-state index >= 15 is 0 Å². The molecule has 2 unspecified atom stereocenters. The average Bonchev–Trinajstić information content (AvgIpc) is 2.74. The highest BCUT2D eigenvalue weighted by atomic mass is 16.6. The second-order valence-electron chi connectivity index (χ2n) is 11.0. The van der Waals surface area contributed by atoms with Crippen LogP contribution < -0.4 is 10.6 Å². The number of aryl methyl sites for hydroxylation is 2. The number of ether oxygens (including phenoxy) is 1. The van der Waals surface area contributed by atoms with Gasteiger partial charge in [-0.1, -0.05) is 57.2 Å². The van der Waals surface area contributed by atoms with Gasteiger partial charge in [-0.2, -0.15) is 0 Å². The minimum absolute atomic E-state index is 0.0763. The number of rotatable bonds is 13. The van der Waals surface area contributed by atoms with Gasteiger partial charge in [0.25, 0.3) is 0 Å². The maximum absolute atomic E-state index is 13.8. The van der Waals surface area contributed by atoms with E-state index in [0.29, 0.717) is 6.54 Å². The zero-order valence-corrected chi connectivity index (χ0v) is 24.0. The first-order valence-corrected chi connectivity index (χ1v) is 13.4. The minimum Gasteiger partial charge on any atom is -0.444 e. The first-order valence-electron chi connectivity index (χ1n) is 13.4. The molecule has 0 aliphatic rings. The third kappa shape index (κ3) is 10.6. The molecule has 7 heteroatoms. The zero-order valence-electron chi connectivity index (χ0n) is 24.0. The van der Waals surface area contributed by atoms with Crippen molar-refractivity contribution in [1.29, 1.82) is 0 Å². The number of unbranched alkanes of at least 4 members (excludes halogenated alkanes) is 5. The molecule has 7 nitrogen and oxygen atoms in total. The predicted molar refractivity (Wildman–Crippen MR) is 146 cm³/mol. The van der Waals surface area contributed by atoms with Gasteiger partial charge >= 0.3 is 6.09 Å². The molecule has 0 radical (unpaired) electrons. The molecule has 0 aromatic heterocycles. The molecule has 1 rings (SSSR count). The molecule has 36 heavy (non-hydrogen) atoms. The van der Waals surface area contributed by atoms with Gasteiger partial charge in [0.05, 0.1) is 0 Å².